The first-order valence-electron chi connectivity index (χ1n) is 6.71. The molecular weight excluding hydrogens is 325 g/mol. The Bertz CT molecular complexity index is 833. The van der Waals surface area contributed by atoms with Crippen molar-refractivity contribution in [1.29, 1.82) is 0 Å². The predicted molar refractivity (Wildman–Crippen MR) is 82.9 cm³/mol. The minimum absolute atomic E-state index is 0.0235. The Kier molecular flexibility index (Phi) is 4.05. The first-order chi connectivity index (χ1) is 10.9. The molecule has 0 unspecified atom stereocenters. The third-order valence-electron chi connectivity index (χ3n) is 3.17. The second-order valence-corrected chi connectivity index (χ2v) is 5.27. The molecule has 0 aliphatic heterocycles. The van der Waals surface area contributed by atoms with Gasteiger partial charge in [0.25, 0.3) is 0 Å². The molecule has 23 heavy (non-hydrogen) atoms. The Balaban J connectivity index is 2.20. The average Bonchev–Trinajstić information content (AvgIpc) is 2.54. The summed E-state index contributed by atoms with van der Waals surface area (Å²) in [6.45, 7) is 0. The van der Waals surface area contributed by atoms with E-state index in [1.54, 1.807) is 54.6 Å². The number of aromatic nitrogens is 2. The highest BCUT2D eigenvalue weighted by Gasteiger charge is 2.33. The molecule has 6 heteroatoms. The molecule has 0 saturated carbocycles. The number of benzene rings is 2. The average molecular weight is 335 g/mol. The van der Waals surface area contributed by atoms with Crippen molar-refractivity contribution in [2.24, 2.45) is 0 Å². The molecule has 0 bridgehead atoms. The van der Waals surface area contributed by atoms with Crippen LogP contribution in [0.1, 0.15) is 5.69 Å². The summed E-state index contributed by atoms with van der Waals surface area (Å²) >= 11 is 5.92. The van der Waals surface area contributed by atoms with Crippen LogP contribution in [0.2, 0.25) is 5.02 Å². The third kappa shape index (κ3) is 3.51. The van der Waals surface area contributed by atoms with Crippen molar-refractivity contribution in [2.45, 2.75) is 6.18 Å². The Morgan fingerprint density at radius 1 is 0.783 bits per heavy atom. The zero-order valence-corrected chi connectivity index (χ0v) is 12.4. The second kappa shape index (κ2) is 6.01. The lowest BCUT2D eigenvalue weighted by Crippen LogP contribution is -2.10. The summed E-state index contributed by atoms with van der Waals surface area (Å²) in [7, 11) is 0. The molecule has 116 valence electrons. The minimum atomic E-state index is -4.56. The van der Waals surface area contributed by atoms with E-state index in [-0.39, 0.29) is 11.5 Å². The topological polar surface area (TPSA) is 25.8 Å². The lowest BCUT2D eigenvalue weighted by molar-refractivity contribution is -0.141. The summed E-state index contributed by atoms with van der Waals surface area (Å²) < 4.78 is 39.4. The molecule has 3 rings (SSSR count). The fraction of sp³-hybridized carbons (Fsp3) is 0.0588. The molecule has 0 amide bonds. The Hall–Kier alpha value is -2.40. The number of hydrogen-bond donors (Lipinski definition) is 0. The van der Waals surface area contributed by atoms with E-state index in [1.165, 1.54) is 0 Å². The molecular formula is C17H10ClF3N2. The molecule has 1 aromatic heterocycles. The van der Waals surface area contributed by atoms with Crippen LogP contribution < -0.4 is 0 Å². The zero-order chi connectivity index (χ0) is 16.4. The van der Waals surface area contributed by atoms with Crippen molar-refractivity contribution in [3.05, 3.63) is 71.4 Å². The van der Waals surface area contributed by atoms with Crippen LogP contribution in [-0.4, -0.2) is 9.97 Å². The van der Waals surface area contributed by atoms with Crippen molar-refractivity contribution in [2.75, 3.05) is 0 Å². The molecule has 0 aliphatic rings. The number of halogens is 4. The number of nitrogens with zero attached hydrogens (tertiary/aromatic N) is 2. The maximum absolute atomic E-state index is 13.1. The smallest absolute Gasteiger partial charge is 0.228 e. The highest BCUT2D eigenvalue weighted by molar-refractivity contribution is 6.30. The largest absolute Gasteiger partial charge is 0.433 e. The fourth-order valence-corrected chi connectivity index (χ4v) is 2.29. The van der Waals surface area contributed by atoms with Crippen molar-refractivity contribution in [1.82, 2.24) is 9.97 Å². The summed E-state index contributed by atoms with van der Waals surface area (Å²) in [4.78, 5) is 7.91. The van der Waals surface area contributed by atoms with Gasteiger partial charge in [0.1, 0.15) is 5.69 Å². The van der Waals surface area contributed by atoms with Crippen LogP contribution in [0.3, 0.4) is 0 Å². The molecule has 2 aromatic carbocycles. The monoisotopic (exact) mass is 334 g/mol. The van der Waals surface area contributed by atoms with Gasteiger partial charge in [0.05, 0.1) is 5.69 Å². The standard InChI is InChI=1S/C17H10ClF3N2/c18-13-8-4-7-12(9-13)14-10-15(17(19,20)21)23-16(22-14)11-5-2-1-3-6-11/h1-10H. The van der Waals surface area contributed by atoms with Gasteiger partial charge in [-0.2, -0.15) is 13.2 Å². The molecule has 0 spiro atoms. The second-order valence-electron chi connectivity index (χ2n) is 4.84. The van der Waals surface area contributed by atoms with Crippen molar-refractivity contribution in [3.63, 3.8) is 0 Å². The summed E-state index contributed by atoms with van der Waals surface area (Å²) in [5.41, 5.74) is 0.208. The predicted octanol–water partition coefficient (Wildman–Crippen LogP) is 5.48. The van der Waals surface area contributed by atoms with Crippen LogP contribution in [0, 0.1) is 0 Å². The van der Waals surface area contributed by atoms with Gasteiger partial charge < -0.3 is 0 Å². The summed E-state index contributed by atoms with van der Waals surface area (Å²) in [6.07, 6.45) is -4.56. The van der Waals surface area contributed by atoms with E-state index in [2.05, 4.69) is 9.97 Å². The molecule has 0 fully saturated rings. The van der Waals surface area contributed by atoms with Gasteiger partial charge in [0, 0.05) is 16.1 Å². The van der Waals surface area contributed by atoms with Gasteiger partial charge in [-0.25, -0.2) is 9.97 Å². The van der Waals surface area contributed by atoms with E-state index >= 15 is 0 Å². The summed E-state index contributed by atoms with van der Waals surface area (Å²) in [6, 6.07) is 16.0. The van der Waals surface area contributed by atoms with E-state index in [1.807, 2.05) is 0 Å². The van der Waals surface area contributed by atoms with Crippen molar-refractivity contribution in [3.8, 4) is 22.6 Å². The first kappa shape index (κ1) is 15.5. The van der Waals surface area contributed by atoms with Gasteiger partial charge in [0.15, 0.2) is 5.82 Å². The van der Waals surface area contributed by atoms with Crippen molar-refractivity contribution < 1.29 is 13.2 Å². The molecule has 0 aliphatic carbocycles. The van der Waals surface area contributed by atoms with Crippen LogP contribution in [0.25, 0.3) is 22.6 Å². The molecule has 0 atom stereocenters. The number of hydrogen-bond acceptors (Lipinski definition) is 2. The zero-order valence-electron chi connectivity index (χ0n) is 11.7. The third-order valence-corrected chi connectivity index (χ3v) is 3.40. The van der Waals surface area contributed by atoms with Gasteiger partial charge >= 0.3 is 6.18 Å². The van der Waals surface area contributed by atoms with Crippen LogP contribution >= 0.6 is 11.6 Å². The van der Waals surface area contributed by atoms with Crippen LogP contribution in [0.15, 0.2) is 60.7 Å². The van der Waals surface area contributed by atoms with Crippen LogP contribution in [-0.2, 0) is 6.18 Å². The molecule has 0 radical (unpaired) electrons. The quantitative estimate of drug-likeness (QED) is 0.620. The molecule has 3 aromatic rings. The SMILES string of the molecule is FC(F)(F)c1cc(-c2cccc(Cl)c2)nc(-c2ccccc2)n1. The fourth-order valence-electron chi connectivity index (χ4n) is 2.10. The van der Waals surface area contributed by atoms with Crippen molar-refractivity contribution >= 4 is 11.6 Å². The first-order valence-corrected chi connectivity index (χ1v) is 7.09. The number of rotatable bonds is 2. The van der Waals surface area contributed by atoms with E-state index in [0.717, 1.165) is 6.07 Å². The van der Waals surface area contributed by atoms with Gasteiger partial charge in [-0.3, -0.25) is 0 Å². The Morgan fingerprint density at radius 2 is 1.48 bits per heavy atom. The highest BCUT2D eigenvalue weighted by atomic mass is 35.5. The molecule has 0 N–H and O–H groups in total. The van der Waals surface area contributed by atoms with Crippen LogP contribution in [0.5, 0.6) is 0 Å². The summed E-state index contributed by atoms with van der Waals surface area (Å²) in [5.74, 6) is 0.0235. The summed E-state index contributed by atoms with van der Waals surface area (Å²) in [5, 5.41) is 0.427. The van der Waals surface area contributed by atoms with E-state index in [0.29, 0.717) is 16.1 Å². The van der Waals surface area contributed by atoms with Gasteiger partial charge in [-0.15, -0.1) is 0 Å². The van der Waals surface area contributed by atoms with E-state index in [4.69, 9.17) is 11.6 Å². The molecule has 1 heterocycles. The lowest BCUT2D eigenvalue weighted by atomic mass is 10.1. The normalized spacial score (nSPS) is 11.5. The minimum Gasteiger partial charge on any atom is -0.228 e. The Labute approximate surface area is 135 Å². The Morgan fingerprint density at radius 3 is 2.13 bits per heavy atom. The maximum Gasteiger partial charge on any atom is 0.433 e. The van der Waals surface area contributed by atoms with E-state index < -0.39 is 11.9 Å². The molecule has 0 saturated heterocycles. The lowest BCUT2D eigenvalue weighted by Gasteiger charge is -2.11. The molecule has 2 nitrogen and oxygen atoms in total. The van der Waals surface area contributed by atoms with E-state index in [9.17, 15) is 13.2 Å². The van der Waals surface area contributed by atoms with Gasteiger partial charge in [0.2, 0.25) is 0 Å². The van der Waals surface area contributed by atoms with Gasteiger partial charge in [-0.05, 0) is 18.2 Å². The number of alkyl halides is 3. The van der Waals surface area contributed by atoms with Crippen LogP contribution in [0.4, 0.5) is 13.2 Å². The highest BCUT2D eigenvalue weighted by Crippen LogP contribution is 2.32. The maximum atomic E-state index is 13.1. The van der Waals surface area contributed by atoms with Gasteiger partial charge in [-0.1, -0.05) is 54.1 Å².